The first-order valence-corrected chi connectivity index (χ1v) is 8.00. The van der Waals surface area contributed by atoms with E-state index < -0.39 is 0 Å². The summed E-state index contributed by atoms with van der Waals surface area (Å²) in [6.45, 7) is 9.67. The van der Waals surface area contributed by atoms with Gasteiger partial charge in [-0.25, -0.2) is 0 Å². The van der Waals surface area contributed by atoms with Crippen LogP contribution in [0.2, 0.25) is 0 Å². The summed E-state index contributed by atoms with van der Waals surface area (Å²) in [6, 6.07) is 9.18. The van der Waals surface area contributed by atoms with Crippen LogP contribution in [0.4, 0.5) is 0 Å². The summed E-state index contributed by atoms with van der Waals surface area (Å²) < 4.78 is 5.60. The highest BCUT2D eigenvalue weighted by atomic mass is 16.5. The first kappa shape index (κ1) is 15.3. The van der Waals surface area contributed by atoms with Gasteiger partial charge in [-0.1, -0.05) is 26.0 Å². The normalized spacial score (nSPS) is 19.4. The van der Waals surface area contributed by atoms with E-state index in [1.807, 2.05) is 0 Å². The summed E-state index contributed by atoms with van der Waals surface area (Å²) in [6.07, 6.45) is 3.74. The minimum atomic E-state index is 0.729. The van der Waals surface area contributed by atoms with Gasteiger partial charge in [-0.15, -0.1) is 0 Å². The fourth-order valence-corrected chi connectivity index (χ4v) is 2.85. The van der Waals surface area contributed by atoms with E-state index in [0.717, 1.165) is 37.9 Å². The number of benzene rings is 1. The van der Waals surface area contributed by atoms with Crippen LogP contribution in [0.1, 0.15) is 38.7 Å². The summed E-state index contributed by atoms with van der Waals surface area (Å²) in [5, 5.41) is 3.59. The number of nitrogens with one attached hydrogen (secondary N) is 1. The van der Waals surface area contributed by atoms with Crippen LogP contribution < -0.4 is 10.1 Å². The minimum Gasteiger partial charge on any atom is -0.494 e. The third-order valence-corrected chi connectivity index (χ3v) is 4.01. The van der Waals surface area contributed by atoms with Gasteiger partial charge in [0, 0.05) is 19.1 Å². The van der Waals surface area contributed by atoms with Crippen LogP contribution in [0.25, 0.3) is 0 Å². The standard InChI is InChI=1S/C17H28N2O/c1-3-12-20-17-9-7-15(8-10-17)13-18-14-16-6-5-11-19(16)4-2/h7-10,16,18H,3-6,11-14H2,1-2H3. The Morgan fingerprint density at radius 2 is 2.05 bits per heavy atom. The lowest BCUT2D eigenvalue weighted by molar-refractivity contribution is 0.260. The Bertz CT molecular complexity index is 377. The Morgan fingerprint density at radius 1 is 1.25 bits per heavy atom. The lowest BCUT2D eigenvalue weighted by Crippen LogP contribution is -2.37. The number of nitrogens with zero attached hydrogens (tertiary/aromatic N) is 1. The van der Waals surface area contributed by atoms with Gasteiger partial charge in [-0.3, -0.25) is 4.90 Å². The third kappa shape index (κ3) is 4.50. The second-order valence-corrected chi connectivity index (χ2v) is 5.55. The van der Waals surface area contributed by atoms with Crippen molar-refractivity contribution in [2.75, 3.05) is 26.2 Å². The van der Waals surface area contributed by atoms with Gasteiger partial charge in [0.15, 0.2) is 0 Å². The first-order valence-electron chi connectivity index (χ1n) is 8.00. The maximum atomic E-state index is 5.60. The van der Waals surface area contributed by atoms with Crippen LogP contribution in [0.5, 0.6) is 5.75 Å². The van der Waals surface area contributed by atoms with E-state index in [4.69, 9.17) is 4.74 Å². The van der Waals surface area contributed by atoms with E-state index in [1.165, 1.54) is 31.5 Å². The molecule has 0 radical (unpaired) electrons. The molecule has 3 nitrogen and oxygen atoms in total. The van der Waals surface area contributed by atoms with E-state index >= 15 is 0 Å². The van der Waals surface area contributed by atoms with Crippen molar-refractivity contribution < 1.29 is 4.74 Å². The molecule has 1 aromatic carbocycles. The van der Waals surface area contributed by atoms with Crippen molar-refractivity contribution in [3.8, 4) is 5.75 Å². The average molecular weight is 276 g/mol. The Kier molecular flexibility index (Phi) is 6.34. The van der Waals surface area contributed by atoms with E-state index in [9.17, 15) is 0 Å². The third-order valence-electron chi connectivity index (χ3n) is 4.01. The van der Waals surface area contributed by atoms with E-state index in [2.05, 4.69) is 48.3 Å². The smallest absolute Gasteiger partial charge is 0.119 e. The molecule has 1 heterocycles. The van der Waals surface area contributed by atoms with Crippen molar-refractivity contribution in [3.63, 3.8) is 0 Å². The first-order chi connectivity index (χ1) is 9.83. The highest BCUT2D eigenvalue weighted by Crippen LogP contribution is 2.16. The van der Waals surface area contributed by atoms with Gasteiger partial charge in [0.25, 0.3) is 0 Å². The number of likely N-dealkylation sites (tertiary alicyclic amines) is 1. The zero-order valence-electron chi connectivity index (χ0n) is 12.9. The average Bonchev–Trinajstić information content (AvgIpc) is 2.94. The van der Waals surface area contributed by atoms with Crippen molar-refractivity contribution in [1.29, 1.82) is 0 Å². The molecule has 0 spiro atoms. The van der Waals surface area contributed by atoms with Crippen molar-refractivity contribution in [2.45, 2.75) is 45.7 Å². The molecule has 0 saturated carbocycles. The molecular formula is C17H28N2O. The molecule has 112 valence electrons. The Balaban J connectivity index is 1.71. The summed E-state index contributed by atoms with van der Waals surface area (Å²) in [7, 11) is 0. The van der Waals surface area contributed by atoms with Crippen LogP contribution in [-0.4, -0.2) is 37.2 Å². The number of hydrogen-bond donors (Lipinski definition) is 1. The van der Waals surface area contributed by atoms with E-state index in [1.54, 1.807) is 0 Å². The zero-order valence-corrected chi connectivity index (χ0v) is 12.9. The van der Waals surface area contributed by atoms with Gasteiger partial charge >= 0.3 is 0 Å². The molecule has 1 aliphatic heterocycles. The monoisotopic (exact) mass is 276 g/mol. The predicted molar refractivity (Wildman–Crippen MR) is 84.2 cm³/mol. The molecule has 1 aromatic rings. The Hall–Kier alpha value is -1.06. The number of rotatable bonds is 8. The van der Waals surface area contributed by atoms with Crippen LogP contribution in [0.15, 0.2) is 24.3 Å². The molecule has 0 amide bonds. The Morgan fingerprint density at radius 3 is 2.75 bits per heavy atom. The maximum absolute atomic E-state index is 5.60. The summed E-state index contributed by atoms with van der Waals surface area (Å²) in [5.41, 5.74) is 1.33. The summed E-state index contributed by atoms with van der Waals surface area (Å²) in [5.74, 6) is 0.976. The fourth-order valence-electron chi connectivity index (χ4n) is 2.85. The minimum absolute atomic E-state index is 0.729. The molecule has 0 bridgehead atoms. The van der Waals surface area contributed by atoms with Crippen molar-refractivity contribution >= 4 is 0 Å². The van der Waals surface area contributed by atoms with Gasteiger partial charge in [-0.05, 0) is 50.0 Å². The number of likely N-dealkylation sites (N-methyl/N-ethyl adjacent to an activating group) is 1. The lowest BCUT2D eigenvalue weighted by atomic mass is 10.2. The van der Waals surface area contributed by atoms with Crippen molar-refractivity contribution in [2.24, 2.45) is 0 Å². The quantitative estimate of drug-likeness (QED) is 0.790. The number of hydrogen-bond acceptors (Lipinski definition) is 3. The van der Waals surface area contributed by atoms with Gasteiger partial charge in [0.05, 0.1) is 6.61 Å². The molecule has 1 aliphatic rings. The maximum Gasteiger partial charge on any atom is 0.119 e. The SMILES string of the molecule is CCCOc1ccc(CNCC2CCCN2CC)cc1. The summed E-state index contributed by atoms with van der Waals surface area (Å²) in [4.78, 5) is 2.58. The van der Waals surface area contributed by atoms with Gasteiger partial charge in [0.1, 0.15) is 5.75 Å². The van der Waals surface area contributed by atoms with Crippen LogP contribution in [-0.2, 0) is 6.54 Å². The van der Waals surface area contributed by atoms with Gasteiger partial charge in [-0.2, -0.15) is 0 Å². The van der Waals surface area contributed by atoms with Gasteiger partial charge in [0.2, 0.25) is 0 Å². The molecule has 1 saturated heterocycles. The molecule has 20 heavy (non-hydrogen) atoms. The van der Waals surface area contributed by atoms with Crippen molar-refractivity contribution in [1.82, 2.24) is 10.2 Å². The Labute approximate surface area is 123 Å². The molecule has 1 unspecified atom stereocenters. The zero-order chi connectivity index (χ0) is 14.2. The summed E-state index contributed by atoms with van der Waals surface area (Å²) >= 11 is 0. The van der Waals surface area contributed by atoms with Crippen LogP contribution >= 0.6 is 0 Å². The molecule has 0 aliphatic carbocycles. The van der Waals surface area contributed by atoms with Crippen molar-refractivity contribution in [3.05, 3.63) is 29.8 Å². The molecule has 1 fully saturated rings. The van der Waals surface area contributed by atoms with E-state index in [0.29, 0.717) is 0 Å². The fraction of sp³-hybridized carbons (Fsp3) is 0.647. The molecule has 1 N–H and O–H groups in total. The topological polar surface area (TPSA) is 24.5 Å². The number of ether oxygens (including phenoxy) is 1. The molecule has 3 heteroatoms. The largest absolute Gasteiger partial charge is 0.494 e. The lowest BCUT2D eigenvalue weighted by Gasteiger charge is -2.23. The predicted octanol–water partition coefficient (Wildman–Crippen LogP) is 3.05. The molecular weight excluding hydrogens is 248 g/mol. The second kappa shape index (κ2) is 8.28. The van der Waals surface area contributed by atoms with Crippen LogP contribution in [0.3, 0.4) is 0 Å². The van der Waals surface area contributed by atoms with Gasteiger partial charge < -0.3 is 10.1 Å². The van der Waals surface area contributed by atoms with Crippen LogP contribution in [0, 0.1) is 0 Å². The second-order valence-electron chi connectivity index (χ2n) is 5.55. The molecule has 2 rings (SSSR count). The molecule has 0 aromatic heterocycles. The highest BCUT2D eigenvalue weighted by Gasteiger charge is 2.21. The highest BCUT2D eigenvalue weighted by molar-refractivity contribution is 5.27. The molecule has 1 atom stereocenters. The van der Waals surface area contributed by atoms with E-state index in [-0.39, 0.29) is 0 Å².